The zero-order chi connectivity index (χ0) is 13.7. The maximum Gasteiger partial charge on any atom is -1.00 e. The zero-order valence-electron chi connectivity index (χ0n) is 11.9. The Bertz CT molecular complexity index is 804. The molecule has 2 aromatic rings. The van der Waals surface area contributed by atoms with E-state index in [1.165, 1.54) is 25.9 Å². The Hall–Kier alpha value is 0.343. The zero-order valence-corrected chi connectivity index (χ0v) is 18.2. The molecule has 112 valence electrons. The van der Waals surface area contributed by atoms with Gasteiger partial charge in [-0.3, -0.25) is 0 Å². The molecular formula is C17H13BrCl2SZr. The van der Waals surface area contributed by atoms with Crippen molar-refractivity contribution in [3.63, 3.8) is 0 Å². The number of allylic oxidation sites excluding steroid dienone is 5. The van der Waals surface area contributed by atoms with Gasteiger partial charge in [0, 0.05) is 0 Å². The van der Waals surface area contributed by atoms with Gasteiger partial charge >= 0.3 is 144 Å². The summed E-state index contributed by atoms with van der Waals surface area (Å²) in [6.45, 7) is 2.32. The molecule has 1 atom stereocenters. The summed E-state index contributed by atoms with van der Waals surface area (Å²) >= 11 is 5.15. The van der Waals surface area contributed by atoms with Gasteiger partial charge in [0.25, 0.3) is 0 Å². The fraction of sp³-hybridized carbons (Fsp3) is 0.176. The van der Waals surface area contributed by atoms with Crippen molar-refractivity contribution in [3.8, 4) is 0 Å². The summed E-state index contributed by atoms with van der Waals surface area (Å²) in [6, 6.07) is 6.58. The first kappa shape index (κ1) is 18.7. The van der Waals surface area contributed by atoms with E-state index >= 15 is 0 Å². The Kier molecular flexibility index (Phi) is 6.36. The molecule has 22 heavy (non-hydrogen) atoms. The van der Waals surface area contributed by atoms with Crippen molar-refractivity contribution >= 4 is 43.4 Å². The monoisotopic (exact) mass is 488 g/mol. The second-order valence-corrected chi connectivity index (χ2v) is 10.9. The predicted molar refractivity (Wildman–Crippen MR) is 87.8 cm³/mol. The number of hydrogen-bond donors (Lipinski definition) is 0. The van der Waals surface area contributed by atoms with Crippen LogP contribution in [0.25, 0.3) is 16.2 Å². The van der Waals surface area contributed by atoms with E-state index in [2.05, 4.69) is 65.4 Å². The normalized spacial score (nSPS) is 18.2. The van der Waals surface area contributed by atoms with E-state index in [1.54, 1.807) is 14.4 Å². The minimum absolute atomic E-state index is 0. The van der Waals surface area contributed by atoms with Gasteiger partial charge < -0.3 is 24.8 Å². The minimum Gasteiger partial charge on any atom is -1.00 e. The number of halogens is 3. The summed E-state index contributed by atoms with van der Waals surface area (Å²) in [7, 11) is 0. The van der Waals surface area contributed by atoms with Gasteiger partial charge in [-0.1, -0.05) is 0 Å². The van der Waals surface area contributed by atoms with Gasteiger partial charge in [0.2, 0.25) is 0 Å². The van der Waals surface area contributed by atoms with Gasteiger partial charge in [0.05, 0.1) is 0 Å². The third-order valence-corrected chi connectivity index (χ3v) is 10.1. The topological polar surface area (TPSA) is 0 Å². The molecule has 2 aliphatic carbocycles. The molecule has 1 aromatic heterocycles. The predicted octanol–water partition coefficient (Wildman–Crippen LogP) is 0.0561. The molecule has 4 rings (SSSR count). The summed E-state index contributed by atoms with van der Waals surface area (Å²) in [4.78, 5) is 1.50. The van der Waals surface area contributed by atoms with Crippen LogP contribution in [0, 0.1) is 0 Å². The Morgan fingerprint density at radius 3 is 2.82 bits per heavy atom. The van der Waals surface area contributed by atoms with Crippen molar-refractivity contribution in [3.05, 3.63) is 60.2 Å². The first-order valence-corrected chi connectivity index (χ1v) is 11.0. The molecule has 5 heteroatoms. The number of rotatable bonds is 2. The molecule has 0 fully saturated rings. The summed E-state index contributed by atoms with van der Waals surface area (Å²) in [6.07, 6.45) is 10.5. The van der Waals surface area contributed by atoms with Gasteiger partial charge in [-0.15, -0.1) is 0 Å². The summed E-state index contributed by atoms with van der Waals surface area (Å²) in [5.74, 6) is 0. The molecule has 0 aliphatic heterocycles. The van der Waals surface area contributed by atoms with E-state index in [9.17, 15) is 0 Å². The average molecular weight is 491 g/mol. The summed E-state index contributed by atoms with van der Waals surface area (Å²) < 4.78 is 5.15. The number of hydrogen-bond acceptors (Lipinski definition) is 1. The molecule has 0 N–H and O–H groups in total. The van der Waals surface area contributed by atoms with Crippen LogP contribution in [-0.4, -0.2) is 0 Å². The van der Waals surface area contributed by atoms with Crippen LogP contribution in [0.5, 0.6) is 0 Å². The fourth-order valence-electron chi connectivity index (χ4n) is 2.98. The van der Waals surface area contributed by atoms with Crippen LogP contribution in [0.1, 0.15) is 27.4 Å². The largest absolute Gasteiger partial charge is 1.00 e. The molecule has 1 heterocycles. The molecule has 0 radical (unpaired) electrons. The number of thiophene rings is 1. The van der Waals surface area contributed by atoms with Gasteiger partial charge in [0.1, 0.15) is 0 Å². The fourth-order valence-corrected chi connectivity index (χ4v) is 9.05. The maximum atomic E-state index is 3.77. The molecule has 0 saturated heterocycles. The Morgan fingerprint density at radius 2 is 2.09 bits per heavy atom. The Balaban J connectivity index is 0.000000882. The molecule has 1 unspecified atom stereocenters. The van der Waals surface area contributed by atoms with Crippen molar-refractivity contribution in [1.82, 2.24) is 0 Å². The van der Waals surface area contributed by atoms with Crippen molar-refractivity contribution in [1.29, 1.82) is 0 Å². The SMILES string of the molecule is CC1=Cc2sc3cccc(Br)c3c2[CH]1[Zr+2][C]1=CC=CC1.[Cl-].[Cl-]. The quantitative estimate of drug-likeness (QED) is 0.558. The van der Waals surface area contributed by atoms with Crippen LogP contribution in [0.3, 0.4) is 0 Å². The third-order valence-electron chi connectivity index (χ3n) is 3.93. The molecular weight excluding hydrogens is 478 g/mol. The van der Waals surface area contributed by atoms with E-state index in [4.69, 9.17) is 0 Å². The Morgan fingerprint density at radius 1 is 1.27 bits per heavy atom. The molecule has 0 spiro atoms. The van der Waals surface area contributed by atoms with Crippen molar-refractivity contribution in [2.75, 3.05) is 0 Å². The van der Waals surface area contributed by atoms with Crippen molar-refractivity contribution < 1.29 is 48.0 Å². The van der Waals surface area contributed by atoms with E-state index in [0.29, 0.717) is 0 Å². The maximum absolute atomic E-state index is 3.77. The second kappa shape index (κ2) is 7.49. The van der Waals surface area contributed by atoms with Gasteiger partial charge in [0.15, 0.2) is 0 Å². The number of benzene rings is 1. The van der Waals surface area contributed by atoms with Gasteiger partial charge in [-0.2, -0.15) is 0 Å². The van der Waals surface area contributed by atoms with Gasteiger partial charge in [-0.25, -0.2) is 0 Å². The molecule has 1 aromatic carbocycles. The second-order valence-electron chi connectivity index (χ2n) is 5.28. The molecule has 0 nitrogen and oxygen atoms in total. The molecule has 0 bridgehead atoms. The van der Waals surface area contributed by atoms with E-state index < -0.39 is 23.2 Å². The first-order valence-electron chi connectivity index (χ1n) is 6.75. The van der Waals surface area contributed by atoms with E-state index in [0.717, 1.165) is 3.63 Å². The van der Waals surface area contributed by atoms with Crippen molar-refractivity contribution in [2.24, 2.45) is 0 Å². The molecule has 0 saturated carbocycles. The smallest absolute Gasteiger partial charge is 1.00 e. The Labute approximate surface area is 167 Å². The molecule has 0 amide bonds. The third kappa shape index (κ3) is 3.13. The number of fused-ring (bicyclic) bond motifs is 3. The first-order chi connectivity index (χ1) is 9.74. The van der Waals surface area contributed by atoms with Crippen LogP contribution >= 0.6 is 27.3 Å². The minimum atomic E-state index is -0.567. The van der Waals surface area contributed by atoms with Gasteiger partial charge in [-0.05, 0) is 0 Å². The van der Waals surface area contributed by atoms with E-state index in [-0.39, 0.29) is 24.8 Å². The van der Waals surface area contributed by atoms with Crippen LogP contribution in [-0.2, 0) is 23.2 Å². The van der Waals surface area contributed by atoms with E-state index in [1.807, 2.05) is 11.3 Å². The van der Waals surface area contributed by atoms with Crippen LogP contribution < -0.4 is 24.8 Å². The van der Waals surface area contributed by atoms with Crippen molar-refractivity contribution in [2.45, 2.75) is 17.0 Å². The van der Waals surface area contributed by atoms with Crippen LogP contribution in [0.4, 0.5) is 0 Å². The summed E-state index contributed by atoms with van der Waals surface area (Å²) in [5.41, 5.74) is 3.21. The molecule has 2 aliphatic rings. The van der Waals surface area contributed by atoms with Crippen LogP contribution in [0.2, 0.25) is 0 Å². The van der Waals surface area contributed by atoms with Crippen LogP contribution in [0.15, 0.2) is 49.8 Å². The standard InChI is InChI=1S/C12H8BrS.C5H5.2ClH.Zr/c1-7-5-8-11(6-7)14-10-4-2-3-9(13)12(8)10;1-2-4-5-3-1;;;/h2-6H,1H3;1-3H,4H2;2*1H;/q;;;;+2/p-2. The average Bonchev–Trinajstić information content (AvgIpc) is 3.08. The summed E-state index contributed by atoms with van der Waals surface area (Å²) in [5, 5.41) is 1.47.